The molecule has 1 saturated heterocycles. The normalized spacial score (nSPS) is 17.0. The smallest absolute Gasteiger partial charge is 0.406 e. The highest BCUT2D eigenvalue weighted by atomic mass is 19.4. The summed E-state index contributed by atoms with van der Waals surface area (Å²) in [6.45, 7) is 6.00. The van der Waals surface area contributed by atoms with Crippen LogP contribution in [0.25, 0.3) is 0 Å². The van der Waals surface area contributed by atoms with Crippen LogP contribution >= 0.6 is 0 Å². The molecule has 0 spiro atoms. The fraction of sp³-hybridized carbons (Fsp3) is 0.526. The lowest BCUT2D eigenvalue weighted by atomic mass is 10.1. The lowest BCUT2D eigenvalue weighted by Gasteiger charge is -2.37. The first-order valence-corrected chi connectivity index (χ1v) is 9.60. The highest BCUT2D eigenvalue weighted by molar-refractivity contribution is 5.33. The van der Waals surface area contributed by atoms with Gasteiger partial charge in [0.15, 0.2) is 5.82 Å². The van der Waals surface area contributed by atoms with E-state index in [1.165, 1.54) is 12.1 Å². The Balaban J connectivity index is 1.55. The van der Waals surface area contributed by atoms with Crippen LogP contribution in [0.4, 0.5) is 25.1 Å². The largest absolute Gasteiger partial charge is 0.573 e. The maximum Gasteiger partial charge on any atom is 0.573 e. The average Bonchev–Trinajstić information content (AvgIpc) is 2.68. The van der Waals surface area contributed by atoms with E-state index in [9.17, 15) is 13.2 Å². The number of benzene rings is 1. The molecule has 30 heavy (non-hydrogen) atoms. The zero-order valence-corrected chi connectivity index (χ0v) is 17.2. The van der Waals surface area contributed by atoms with E-state index >= 15 is 0 Å². The maximum atomic E-state index is 12.3. The van der Waals surface area contributed by atoms with Gasteiger partial charge in [-0.15, -0.1) is 13.2 Å². The van der Waals surface area contributed by atoms with Gasteiger partial charge in [-0.3, -0.25) is 9.80 Å². The van der Waals surface area contributed by atoms with Gasteiger partial charge in [-0.05, 0) is 24.6 Å². The zero-order valence-electron chi connectivity index (χ0n) is 17.2. The molecule has 3 rings (SSSR count). The molecule has 1 aliphatic rings. The van der Waals surface area contributed by atoms with Crippen molar-refractivity contribution in [3.8, 4) is 5.75 Å². The molecule has 0 aliphatic carbocycles. The van der Waals surface area contributed by atoms with Crippen LogP contribution in [-0.2, 0) is 6.54 Å². The molecule has 0 amide bonds. The van der Waals surface area contributed by atoms with E-state index in [0.717, 1.165) is 31.7 Å². The summed E-state index contributed by atoms with van der Waals surface area (Å²) in [4.78, 5) is 19.3. The molecule has 1 atom stereocenters. The van der Waals surface area contributed by atoms with E-state index < -0.39 is 6.36 Å². The summed E-state index contributed by atoms with van der Waals surface area (Å²) in [6, 6.07) is 6.00. The Labute approximate surface area is 173 Å². The number of hydrogen-bond acceptors (Lipinski definition) is 8. The predicted octanol–water partition coefficient (Wildman–Crippen LogP) is 2.30. The number of rotatable bonds is 6. The first-order valence-electron chi connectivity index (χ1n) is 9.60. The van der Waals surface area contributed by atoms with Gasteiger partial charge in [0, 0.05) is 46.8 Å². The summed E-state index contributed by atoms with van der Waals surface area (Å²) in [6.07, 6.45) is -4.68. The first-order chi connectivity index (χ1) is 14.1. The molecule has 11 heteroatoms. The van der Waals surface area contributed by atoms with Crippen molar-refractivity contribution in [2.24, 2.45) is 0 Å². The third-order valence-corrected chi connectivity index (χ3v) is 4.95. The summed E-state index contributed by atoms with van der Waals surface area (Å²) >= 11 is 0. The van der Waals surface area contributed by atoms with Gasteiger partial charge in [-0.25, -0.2) is 0 Å². The number of hydrogen-bond donors (Lipinski definition) is 1. The van der Waals surface area contributed by atoms with E-state index in [1.54, 1.807) is 17.0 Å². The van der Waals surface area contributed by atoms with Crippen LogP contribution in [0.3, 0.4) is 0 Å². The summed E-state index contributed by atoms with van der Waals surface area (Å²) in [5.74, 6) is 1.16. The Kier molecular flexibility index (Phi) is 6.61. The molecule has 2 N–H and O–H groups in total. The summed E-state index contributed by atoms with van der Waals surface area (Å²) in [5, 5.41) is 0. The van der Waals surface area contributed by atoms with E-state index in [0.29, 0.717) is 18.3 Å². The lowest BCUT2D eigenvalue weighted by Crippen LogP contribution is -2.47. The molecule has 1 aliphatic heterocycles. The number of alkyl halides is 3. The third kappa shape index (κ3) is 5.92. The highest BCUT2D eigenvalue weighted by Gasteiger charge is 2.31. The predicted molar refractivity (Wildman–Crippen MR) is 107 cm³/mol. The Hall–Kier alpha value is -2.66. The fourth-order valence-corrected chi connectivity index (χ4v) is 3.31. The molecular formula is C19H26F3N7O. The van der Waals surface area contributed by atoms with Gasteiger partial charge in [0.1, 0.15) is 5.75 Å². The van der Waals surface area contributed by atoms with E-state index in [4.69, 9.17) is 5.73 Å². The van der Waals surface area contributed by atoms with Gasteiger partial charge < -0.3 is 15.4 Å². The van der Waals surface area contributed by atoms with Crippen LogP contribution < -0.4 is 15.4 Å². The second-order valence-corrected chi connectivity index (χ2v) is 7.43. The minimum Gasteiger partial charge on any atom is -0.406 e. The van der Waals surface area contributed by atoms with Crippen molar-refractivity contribution >= 4 is 11.9 Å². The Morgan fingerprint density at radius 2 is 1.70 bits per heavy atom. The van der Waals surface area contributed by atoms with Crippen LogP contribution in [0.2, 0.25) is 0 Å². The Bertz CT molecular complexity index is 837. The van der Waals surface area contributed by atoms with E-state index in [1.807, 2.05) is 21.0 Å². The molecule has 8 nitrogen and oxygen atoms in total. The van der Waals surface area contributed by atoms with Crippen molar-refractivity contribution in [1.29, 1.82) is 0 Å². The maximum absolute atomic E-state index is 12.3. The number of ether oxygens (including phenoxy) is 1. The van der Waals surface area contributed by atoms with Crippen LogP contribution in [0.15, 0.2) is 24.3 Å². The molecule has 2 aromatic rings. The molecule has 164 valence electrons. The van der Waals surface area contributed by atoms with Crippen LogP contribution in [0.5, 0.6) is 5.75 Å². The number of anilines is 2. The molecule has 0 unspecified atom stereocenters. The van der Waals surface area contributed by atoms with Crippen molar-refractivity contribution in [1.82, 2.24) is 24.8 Å². The van der Waals surface area contributed by atoms with Crippen molar-refractivity contribution in [2.45, 2.75) is 25.9 Å². The first kappa shape index (κ1) is 22.0. The Morgan fingerprint density at radius 3 is 2.27 bits per heavy atom. The highest BCUT2D eigenvalue weighted by Crippen LogP contribution is 2.24. The summed E-state index contributed by atoms with van der Waals surface area (Å²) in [5.41, 5.74) is 6.77. The molecule has 0 saturated carbocycles. The standard InChI is InChI=1S/C19H26F3N7O/c1-13(16-24-17(23)26-18(25-16)27(2)3)29-10-8-28(9-11-29)12-14-4-6-15(7-5-14)30-19(20,21)22/h4-7,13H,8-12H2,1-3H3,(H2,23,24,25,26)/t13-/m0/s1. The van der Waals surface area contributed by atoms with Crippen molar-refractivity contribution in [2.75, 3.05) is 50.9 Å². The molecular weight excluding hydrogens is 399 g/mol. The molecule has 1 aromatic carbocycles. The molecule has 2 heterocycles. The minimum absolute atomic E-state index is 0.00468. The Morgan fingerprint density at radius 1 is 1.07 bits per heavy atom. The van der Waals surface area contributed by atoms with Crippen LogP contribution in [0, 0.1) is 0 Å². The van der Waals surface area contributed by atoms with Gasteiger partial charge in [0.2, 0.25) is 11.9 Å². The number of halogens is 3. The van der Waals surface area contributed by atoms with Crippen molar-refractivity contribution < 1.29 is 17.9 Å². The number of aromatic nitrogens is 3. The minimum atomic E-state index is -4.68. The SMILES string of the molecule is C[C@@H](c1nc(N)nc(N(C)C)n1)N1CCN(Cc2ccc(OC(F)(F)F)cc2)CC1. The van der Waals surface area contributed by atoms with Gasteiger partial charge in [0.25, 0.3) is 0 Å². The van der Waals surface area contributed by atoms with Gasteiger partial charge in [-0.1, -0.05) is 12.1 Å². The third-order valence-electron chi connectivity index (χ3n) is 4.95. The monoisotopic (exact) mass is 425 g/mol. The number of piperazine rings is 1. The molecule has 0 bridgehead atoms. The van der Waals surface area contributed by atoms with Crippen LogP contribution in [0.1, 0.15) is 24.4 Å². The van der Waals surface area contributed by atoms with Gasteiger partial charge in [0.05, 0.1) is 6.04 Å². The lowest BCUT2D eigenvalue weighted by molar-refractivity contribution is -0.274. The van der Waals surface area contributed by atoms with E-state index in [2.05, 4.69) is 29.5 Å². The fourth-order valence-electron chi connectivity index (χ4n) is 3.31. The van der Waals surface area contributed by atoms with Gasteiger partial charge in [-0.2, -0.15) is 15.0 Å². The van der Waals surface area contributed by atoms with E-state index in [-0.39, 0.29) is 17.7 Å². The average molecular weight is 425 g/mol. The number of nitrogen functional groups attached to an aromatic ring is 1. The molecule has 1 aromatic heterocycles. The summed E-state index contributed by atoms with van der Waals surface area (Å²) in [7, 11) is 3.70. The quantitative estimate of drug-likeness (QED) is 0.755. The second-order valence-electron chi connectivity index (χ2n) is 7.43. The second kappa shape index (κ2) is 9.00. The van der Waals surface area contributed by atoms with Crippen molar-refractivity contribution in [3.05, 3.63) is 35.7 Å². The van der Waals surface area contributed by atoms with Gasteiger partial charge >= 0.3 is 6.36 Å². The van der Waals surface area contributed by atoms with Crippen LogP contribution in [-0.4, -0.2) is 71.4 Å². The number of nitrogens with zero attached hydrogens (tertiary/aromatic N) is 6. The summed E-state index contributed by atoms with van der Waals surface area (Å²) < 4.78 is 40.7. The molecule has 0 radical (unpaired) electrons. The topological polar surface area (TPSA) is 83.6 Å². The van der Waals surface area contributed by atoms with Crippen molar-refractivity contribution in [3.63, 3.8) is 0 Å². The molecule has 1 fully saturated rings. The number of nitrogens with two attached hydrogens (primary N) is 1. The zero-order chi connectivity index (χ0) is 21.9.